The molecular weight excluding hydrogens is 366 g/mol. The van der Waals surface area contributed by atoms with Crippen LogP contribution in [0.25, 0.3) is 0 Å². The maximum atomic E-state index is 11.6. The molecule has 7 heteroatoms. The van der Waals surface area contributed by atoms with Gasteiger partial charge in [-0.15, -0.1) is 23.1 Å². The number of thiophene rings is 1. The zero-order valence-corrected chi connectivity index (χ0v) is 15.4. The molecule has 2 aromatic rings. The number of benzene rings is 1. The van der Waals surface area contributed by atoms with E-state index in [1.807, 2.05) is 42.5 Å². The van der Waals surface area contributed by atoms with Gasteiger partial charge in [-0.25, -0.2) is 0 Å². The number of rotatable bonds is 9. The van der Waals surface area contributed by atoms with Crippen molar-refractivity contribution in [2.45, 2.75) is 12.2 Å². The fourth-order valence-electron chi connectivity index (χ4n) is 1.89. The van der Waals surface area contributed by atoms with Gasteiger partial charge in [0.15, 0.2) is 6.61 Å². The number of carbonyl (C=O) groups excluding carboxylic acids is 2. The van der Waals surface area contributed by atoms with Gasteiger partial charge < -0.3 is 10.1 Å². The Balaban J connectivity index is 1.53. The lowest BCUT2D eigenvalue weighted by Crippen LogP contribution is -2.30. The molecule has 0 radical (unpaired) electrons. The monoisotopic (exact) mass is 383 g/mol. The first-order valence-corrected chi connectivity index (χ1v) is 9.76. The van der Waals surface area contributed by atoms with Crippen LogP contribution in [0.5, 0.6) is 0 Å². The molecule has 1 heterocycles. The molecule has 0 bridgehead atoms. The van der Waals surface area contributed by atoms with Crippen LogP contribution < -0.4 is 5.32 Å². The van der Waals surface area contributed by atoms with Crippen molar-refractivity contribution in [2.24, 2.45) is 0 Å². The van der Waals surface area contributed by atoms with Crippen LogP contribution in [0.15, 0.2) is 42.5 Å². The summed E-state index contributed by atoms with van der Waals surface area (Å²) in [5.74, 6) is 0.248. The minimum Gasteiger partial charge on any atom is -0.455 e. The lowest BCUT2D eigenvalue weighted by molar-refractivity contribution is -0.145. The molecule has 0 atom stereocenters. The van der Waals surface area contributed by atoms with Crippen molar-refractivity contribution >= 4 is 46.6 Å². The number of ether oxygens (including phenoxy) is 1. The molecule has 0 saturated carbocycles. The predicted octanol–water partition coefficient (Wildman–Crippen LogP) is 3.54. The van der Waals surface area contributed by atoms with Crippen LogP contribution in [0.1, 0.15) is 10.4 Å². The van der Waals surface area contributed by atoms with Crippen LogP contribution in [-0.2, 0) is 26.5 Å². The molecule has 0 aliphatic heterocycles. The number of thioether (sulfide) groups is 1. The fraction of sp³-hybridized carbons (Fsp3) is 0.294. The Hall–Kier alpha value is -1.50. The SMILES string of the molecule is O=C(COC(=O)CSCc1ccc(Cl)s1)NCCc1ccccc1. The molecular formula is C17H18ClNO3S2. The minimum atomic E-state index is -0.388. The summed E-state index contributed by atoms with van der Waals surface area (Å²) in [5, 5.41) is 2.74. The molecule has 0 aliphatic carbocycles. The maximum Gasteiger partial charge on any atom is 0.316 e. The maximum absolute atomic E-state index is 11.6. The van der Waals surface area contributed by atoms with E-state index in [1.165, 1.54) is 23.1 Å². The van der Waals surface area contributed by atoms with Gasteiger partial charge >= 0.3 is 5.97 Å². The van der Waals surface area contributed by atoms with Gasteiger partial charge in [0.05, 0.1) is 10.1 Å². The molecule has 0 aliphatic rings. The van der Waals surface area contributed by atoms with E-state index in [0.717, 1.165) is 21.2 Å². The third-order valence-electron chi connectivity index (χ3n) is 3.04. The Bertz CT molecular complexity index is 661. The quantitative estimate of drug-likeness (QED) is 0.673. The summed E-state index contributed by atoms with van der Waals surface area (Å²) < 4.78 is 5.69. The van der Waals surface area contributed by atoms with Crippen LogP contribution in [0.4, 0.5) is 0 Å². The summed E-state index contributed by atoms with van der Waals surface area (Å²) in [6, 6.07) is 13.6. The van der Waals surface area contributed by atoms with E-state index < -0.39 is 0 Å². The van der Waals surface area contributed by atoms with Crippen molar-refractivity contribution < 1.29 is 14.3 Å². The smallest absolute Gasteiger partial charge is 0.316 e. The van der Waals surface area contributed by atoms with Gasteiger partial charge in [0.2, 0.25) is 0 Å². The van der Waals surface area contributed by atoms with Crippen molar-refractivity contribution in [1.82, 2.24) is 5.32 Å². The zero-order chi connectivity index (χ0) is 17.2. The lowest BCUT2D eigenvalue weighted by Gasteiger charge is -2.06. The van der Waals surface area contributed by atoms with Gasteiger partial charge in [-0.05, 0) is 24.1 Å². The standard InChI is InChI=1S/C17H18ClNO3S2/c18-15-7-6-14(24-15)11-23-12-17(21)22-10-16(20)19-9-8-13-4-2-1-3-5-13/h1-7H,8-12H2,(H,19,20). The summed E-state index contributed by atoms with van der Waals surface area (Å²) in [6.07, 6.45) is 0.750. The highest BCUT2D eigenvalue weighted by Crippen LogP contribution is 2.25. The molecule has 1 N–H and O–H groups in total. The number of carbonyl (C=O) groups is 2. The van der Waals surface area contributed by atoms with E-state index >= 15 is 0 Å². The van der Waals surface area contributed by atoms with E-state index in [-0.39, 0.29) is 24.2 Å². The average molecular weight is 384 g/mol. The molecule has 1 aromatic carbocycles. The van der Waals surface area contributed by atoms with Crippen molar-refractivity contribution in [3.63, 3.8) is 0 Å². The molecule has 0 fully saturated rings. The van der Waals surface area contributed by atoms with Gasteiger partial charge in [-0.2, -0.15) is 0 Å². The average Bonchev–Trinajstić information content (AvgIpc) is 2.99. The molecule has 128 valence electrons. The van der Waals surface area contributed by atoms with Crippen molar-refractivity contribution in [2.75, 3.05) is 18.9 Å². The van der Waals surface area contributed by atoms with Gasteiger partial charge in [-0.3, -0.25) is 9.59 Å². The van der Waals surface area contributed by atoms with Gasteiger partial charge in [-0.1, -0.05) is 41.9 Å². The summed E-state index contributed by atoms with van der Waals surface area (Å²) in [7, 11) is 0. The van der Waals surface area contributed by atoms with Gasteiger partial charge in [0.25, 0.3) is 5.91 Å². The summed E-state index contributed by atoms with van der Waals surface area (Å²) in [5.41, 5.74) is 1.15. The molecule has 1 aromatic heterocycles. The Kier molecular flexibility index (Phi) is 8.15. The van der Waals surface area contributed by atoms with Crippen molar-refractivity contribution in [3.8, 4) is 0 Å². The normalized spacial score (nSPS) is 10.4. The first-order valence-electron chi connectivity index (χ1n) is 7.41. The predicted molar refractivity (Wildman–Crippen MR) is 99.6 cm³/mol. The Morgan fingerprint density at radius 2 is 1.96 bits per heavy atom. The van der Waals surface area contributed by atoms with E-state index in [1.54, 1.807) is 0 Å². The highest BCUT2D eigenvalue weighted by Gasteiger charge is 2.08. The Labute approximate surface area is 154 Å². The first kappa shape index (κ1) is 18.8. The van der Waals surface area contributed by atoms with Crippen molar-refractivity contribution in [3.05, 3.63) is 57.2 Å². The fourth-order valence-corrected chi connectivity index (χ4v) is 3.91. The second-order valence-corrected chi connectivity index (χ2v) is 7.73. The Morgan fingerprint density at radius 1 is 1.17 bits per heavy atom. The molecule has 0 spiro atoms. The van der Waals surface area contributed by atoms with Gasteiger partial charge in [0, 0.05) is 17.2 Å². The first-order chi connectivity index (χ1) is 11.6. The molecule has 0 unspecified atom stereocenters. The largest absolute Gasteiger partial charge is 0.455 e. The van der Waals surface area contributed by atoms with Crippen LogP contribution in [0.2, 0.25) is 4.34 Å². The lowest BCUT2D eigenvalue weighted by atomic mass is 10.1. The third kappa shape index (κ3) is 7.38. The van der Waals surface area contributed by atoms with Crippen LogP contribution in [-0.4, -0.2) is 30.8 Å². The molecule has 4 nitrogen and oxygen atoms in total. The van der Waals surface area contributed by atoms with Crippen molar-refractivity contribution in [1.29, 1.82) is 0 Å². The minimum absolute atomic E-state index is 0.215. The van der Waals surface area contributed by atoms with E-state index in [9.17, 15) is 9.59 Å². The number of esters is 1. The zero-order valence-electron chi connectivity index (χ0n) is 13.0. The Morgan fingerprint density at radius 3 is 2.67 bits per heavy atom. The van der Waals surface area contributed by atoms with E-state index in [2.05, 4.69) is 5.32 Å². The second-order valence-electron chi connectivity index (χ2n) is 4.94. The molecule has 0 saturated heterocycles. The number of halogens is 1. The van der Waals surface area contributed by atoms with E-state index in [0.29, 0.717) is 12.3 Å². The summed E-state index contributed by atoms with van der Waals surface area (Å²) in [6.45, 7) is 0.285. The highest BCUT2D eigenvalue weighted by molar-refractivity contribution is 7.99. The number of nitrogens with one attached hydrogen (secondary N) is 1. The molecule has 1 amide bonds. The van der Waals surface area contributed by atoms with Gasteiger partial charge in [0.1, 0.15) is 0 Å². The number of hydrogen-bond donors (Lipinski definition) is 1. The second kappa shape index (κ2) is 10.4. The van der Waals surface area contributed by atoms with Crippen LogP contribution in [0.3, 0.4) is 0 Å². The highest BCUT2D eigenvalue weighted by atomic mass is 35.5. The molecule has 24 heavy (non-hydrogen) atoms. The molecule has 2 rings (SSSR count). The van der Waals surface area contributed by atoms with Crippen LogP contribution in [0, 0.1) is 0 Å². The topological polar surface area (TPSA) is 55.4 Å². The van der Waals surface area contributed by atoms with Crippen LogP contribution >= 0.6 is 34.7 Å². The summed E-state index contributed by atoms with van der Waals surface area (Å²) >= 11 is 8.77. The summed E-state index contributed by atoms with van der Waals surface area (Å²) in [4.78, 5) is 24.3. The third-order valence-corrected chi connectivity index (χ3v) is 5.40. The number of hydrogen-bond acceptors (Lipinski definition) is 5. The number of amides is 1. The van der Waals surface area contributed by atoms with E-state index in [4.69, 9.17) is 16.3 Å².